The van der Waals surface area contributed by atoms with E-state index in [1.165, 1.54) is 65.2 Å². The van der Waals surface area contributed by atoms with Gasteiger partial charge in [-0.05, 0) is 97.2 Å². The lowest BCUT2D eigenvalue weighted by Crippen LogP contribution is -2.28. The van der Waals surface area contributed by atoms with Crippen molar-refractivity contribution in [2.24, 2.45) is 5.41 Å². The molecule has 0 aromatic heterocycles. The van der Waals surface area contributed by atoms with Crippen LogP contribution in [0.25, 0.3) is 44.0 Å². The van der Waals surface area contributed by atoms with Crippen molar-refractivity contribution in [2.75, 3.05) is 5.32 Å². The molecule has 0 fully saturated rings. The fourth-order valence-electron chi connectivity index (χ4n) is 6.04. The summed E-state index contributed by atoms with van der Waals surface area (Å²) in [5, 5.41) is 14.3. The molecule has 0 radical (unpaired) electrons. The van der Waals surface area contributed by atoms with Crippen LogP contribution in [-0.4, -0.2) is 0 Å². The topological polar surface area (TPSA) is 12.0 Å². The molecule has 7 rings (SSSR count). The zero-order valence-corrected chi connectivity index (χ0v) is 20.3. The molecular weight excluding hydrogens is 422 g/mol. The number of anilines is 1. The molecule has 1 nitrogen and oxygen atoms in total. The minimum atomic E-state index is -0.0464. The van der Waals surface area contributed by atoms with Crippen molar-refractivity contribution in [1.29, 1.82) is 0 Å². The smallest absolute Gasteiger partial charge is 0.0458 e. The van der Waals surface area contributed by atoms with E-state index in [0.717, 1.165) is 5.69 Å². The summed E-state index contributed by atoms with van der Waals surface area (Å²) in [4.78, 5) is 0. The van der Waals surface area contributed by atoms with E-state index in [4.69, 9.17) is 0 Å². The second-order valence-electron chi connectivity index (χ2n) is 10.5. The number of allylic oxidation sites excluding steroid dienone is 3. The summed E-state index contributed by atoms with van der Waals surface area (Å²) in [5.41, 5.74) is 6.22. The molecule has 0 aliphatic heterocycles. The van der Waals surface area contributed by atoms with Gasteiger partial charge in [-0.15, -0.1) is 0 Å². The van der Waals surface area contributed by atoms with E-state index in [1.54, 1.807) is 0 Å². The monoisotopic (exact) mass is 449 g/mol. The van der Waals surface area contributed by atoms with Crippen LogP contribution in [-0.2, 0) is 0 Å². The molecule has 5 aromatic carbocycles. The van der Waals surface area contributed by atoms with Crippen LogP contribution in [0, 0.1) is 12.3 Å². The molecule has 0 spiro atoms. The second-order valence-corrected chi connectivity index (χ2v) is 10.5. The molecule has 1 heteroatoms. The van der Waals surface area contributed by atoms with Gasteiger partial charge >= 0.3 is 0 Å². The minimum Gasteiger partial charge on any atom is -0.355 e. The Hall–Kier alpha value is -4.10. The maximum Gasteiger partial charge on any atom is 0.0458 e. The Bertz CT molecular complexity index is 1900. The number of benzene rings is 5. The highest BCUT2D eigenvalue weighted by Gasteiger charge is 2.31. The molecule has 0 saturated carbocycles. The largest absolute Gasteiger partial charge is 0.355 e. The summed E-state index contributed by atoms with van der Waals surface area (Å²) in [7, 11) is 0. The third kappa shape index (κ3) is 3.01. The van der Waals surface area contributed by atoms with Gasteiger partial charge in [-0.25, -0.2) is 0 Å². The van der Waals surface area contributed by atoms with Gasteiger partial charge in [0.1, 0.15) is 0 Å². The van der Waals surface area contributed by atoms with Gasteiger partial charge in [0, 0.05) is 22.4 Å². The first-order chi connectivity index (χ1) is 17.0. The average molecular weight is 450 g/mol. The summed E-state index contributed by atoms with van der Waals surface area (Å²) >= 11 is 0. The van der Waals surface area contributed by atoms with Crippen LogP contribution in [0.4, 0.5) is 5.69 Å². The molecule has 0 saturated heterocycles. The van der Waals surface area contributed by atoms with Crippen LogP contribution in [0.1, 0.15) is 19.4 Å². The van der Waals surface area contributed by atoms with Gasteiger partial charge in [0.2, 0.25) is 0 Å². The Kier molecular flexibility index (Phi) is 4.17. The standard InChI is InChI=1S/C34H27N/c1-21-9-8-10-23(17-21)35-32-15-16-34(2,3)33-28-20-30-27-14-7-5-12-25(27)24-11-4-6-13-26(24)29(30)18-22(28)19-31(32)33/h4-20,35H,1-3H3. The van der Waals surface area contributed by atoms with Gasteiger partial charge in [0.05, 0.1) is 0 Å². The predicted molar refractivity (Wildman–Crippen MR) is 151 cm³/mol. The van der Waals surface area contributed by atoms with Crippen molar-refractivity contribution < 1.29 is 0 Å². The lowest BCUT2D eigenvalue weighted by molar-refractivity contribution is 0.642. The Morgan fingerprint density at radius 3 is 1.94 bits per heavy atom. The van der Waals surface area contributed by atoms with Crippen molar-refractivity contribution in [2.45, 2.75) is 20.8 Å². The van der Waals surface area contributed by atoms with E-state index in [1.807, 2.05) is 0 Å². The predicted octanol–water partition coefficient (Wildman–Crippen LogP) is 7.36. The Labute approximate surface area is 205 Å². The highest BCUT2D eigenvalue weighted by atomic mass is 14.9. The maximum absolute atomic E-state index is 3.71. The van der Waals surface area contributed by atoms with E-state index in [9.17, 15) is 0 Å². The van der Waals surface area contributed by atoms with Gasteiger partial charge in [0.15, 0.2) is 0 Å². The SMILES string of the molecule is Cc1cccc(NC2=C3C=c4cc5c6ccccc6c6ccccc6c5cc4=C3C(C)(C)C=C2)c1. The molecule has 2 aliphatic carbocycles. The normalized spacial score (nSPS) is 16.0. The number of nitrogens with one attached hydrogen (secondary N) is 1. The third-order valence-corrected chi connectivity index (χ3v) is 7.65. The summed E-state index contributed by atoms with van der Waals surface area (Å²) in [6.07, 6.45) is 6.99. The molecule has 35 heavy (non-hydrogen) atoms. The van der Waals surface area contributed by atoms with Crippen LogP contribution in [0.2, 0.25) is 0 Å². The molecule has 0 amide bonds. The molecule has 0 atom stereocenters. The second kappa shape index (κ2) is 7.20. The van der Waals surface area contributed by atoms with Crippen LogP contribution < -0.4 is 15.8 Å². The fourth-order valence-corrected chi connectivity index (χ4v) is 6.04. The quantitative estimate of drug-likeness (QED) is 0.278. The van der Waals surface area contributed by atoms with E-state index in [2.05, 4.69) is 129 Å². The van der Waals surface area contributed by atoms with E-state index < -0.39 is 0 Å². The molecule has 0 bridgehead atoms. The van der Waals surface area contributed by atoms with Gasteiger partial charge in [-0.2, -0.15) is 0 Å². The highest BCUT2D eigenvalue weighted by molar-refractivity contribution is 6.25. The fraction of sp³-hybridized carbons (Fsp3) is 0.118. The summed E-state index contributed by atoms with van der Waals surface area (Å²) in [5.74, 6) is 0. The van der Waals surface area contributed by atoms with Gasteiger partial charge < -0.3 is 5.32 Å². The molecule has 2 aliphatic rings. The average Bonchev–Trinajstić information content (AvgIpc) is 3.25. The zero-order chi connectivity index (χ0) is 23.7. The van der Waals surface area contributed by atoms with Crippen molar-refractivity contribution in [3.05, 3.63) is 124 Å². The summed E-state index contributed by atoms with van der Waals surface area (Å²) in [6, 6.07) is 31.1. The van der Waals surface area contributed by atoms with Gasteiger partial charge in [0.25, 0.3) is 0 Å². The van der Waals surface area contributed by atoms with Gasteiger partial charge in [-0.3, -0.25) is 0 Å². The third-order valence-electron chi connectivity index (χ3n) is 7.65. The molecule has 5 aromatic rings. The first kappa shape index (κ1) is 20.3. The number of hydrogen-bond donors (Lipinski definition) is 1. The van der Waals surface area contributed by atoms with Crippen LogP contribution in [0.5, 0.6) is 0 Å². The minimum absolute atomic E-state index is 0.0464. The number of hydrogen-bond acceptors (Lipinski definition) is 1. The first-order valence-corrected chi connectivity index (χ1v) is 12.4. The molecule has 168 valence electrons. The lowest BCUT2D eigenvalue weighted by Gasteiger charge is -2.30. The molecule has 0 heterocycles. The summed E-state index contributed by atoms with van der Waals surface area (Å²) < 4.78 is 0. The number of rotatable bonds is 2. The van der Waals surface area contributed by atoms with Crippen molar-refractivity contribution in [3.63, 3.8) is 0 Å². The Balaban J connectivity index is 1.58. The molecule has 1 N–H and O–H groups in total. The first-order valence-electron chi connectivity index (χ1n) is 12.4. The van der Waals surface area contributed by atoms with Crippen LogP contribution in [0.15, 0.2) is 108 Å². The summed E-state index contributed by atoms with van der Waals surface area (Å²) in [6.45, 7) is 6.79. The highest BCUT2D eigenvalue weighted by Crippen LogP contribution is 2.42. The van der Waals surface area contributed by atoms with E-state index in [-0.39, 0.29) is 5.41 Å². The maximum atomic E-state index is 3.71. The van der Waals surface area contributed by atoms with Crippen molar-refractivity contribution in [1.82, 2.24) is 0 Å². The molecular formula is C34H27N. The lowest BCUT2D eigenvalue weighted by atomic mass is 9.76. The van der Waals surface area contributed by atoms with Crippen molar-refractivity contribution >= 4 is 49.7 Å². The van der Waals surface area contributed by atoms with Crippen molar-refractivity contribution in [3.8, 4) is 0 Å². The zero-order valence-electron chi connectivity index (χ0n) is 20.3. The number of aryl methyl sites for hydroxylation is 1. The van der Waals surface area contributed by atoms with E-state index in [0.29, 0.717) is 0 Å². The number of fused-ring (bicyclic) bond motifs is 8. The van der Waals surface area contributed by atoms with Gasteiger partial charge in [-0.1, -0.05) is 80.6 Å². The van der Waals surface area contributed by atoms with E-state index >= 15 is 0 Å². The Morgan fingerprint density at radius 1 is 0.657 bits per heavy atom. The van der Waals surface area contributed by atoms with Crippen LogP contribution in [0.3, 0.4) is 0 Å². The molecule has 0 unspecified atom stereocenters. The van der Waals surface area contributed by atoms with Crippen LogP contribution >= 0.6 is 0 Å². The Morgan fingerprint density at radius 2 is 1.29 bits per heavy atom.